The van der Waals surface area contributed by atoms with Crippen molar-refractivity contribution >= 4 is 5.97 Å². The van der Waals surface area contributed by atoms with Gasteiger partial charge in [0.25, 0.3) is 0 Å². The van der Waals surface area contributed by atoms with Gasteiger partial charge in [-0.1, -0.05) is 24.3 Å². The SMILES string of the molecule is [NH]CCc1ccc(CCC(=O)O)cc1. The van der Waals surface area contributed by atoms with E-state index in [1.807, 2.05) is 24.3 Å². The Kier molecular flexibility index (Phi) is 4.13. The molecule has 14 heavy (non-hydrogen) atoms. The zero-order valence-corrected chi connectivity index (χ0v) is 7.99. The van der Waals surface area contributed by atoms with Gasteiger partial charge in [0.05, 0.1) is 0 Å². The maximum absolute atomic E-state index is 10.3. The van der Waals surface area contributed by atoms with Crippen molar-refractivity contribution in [3.8, 4) is 0 Å². The first-order valence-electron chi connectivity index (χ1n) is 4.66. The van der Waals surface area contributed by atoms with Crippen LogP contribution in [0, 0.1) is 0 Å². The van der Waals surface area contributed by atoms with Crippen LogP contribution < -0.4 is 5.73 Å². The molecule has 75 valence electrons. The Morgan fingerprint density at radius 1 is 1.14 bits per heavy atom. The Labute approximate surface area is 83.6 Å². The molecule has 1 aromatic rings. The second-order valence-electron chi connectivity index (χ2n) is 3.21. The van der Waals surface area contributed by atoms with E-state index in [-0.39, 0.29) is 6.42 Å². The van der Waals surface area contributed by atoms with Crippen molar-refractivity contribution in [1.82, 2.24) is 5.73 Å². The molecule has 0 heterocycles. The van der Waals surface area contributed by atoms with E-state index in [1.165, 1.54) is 0 Å². The highest BCUT2D eigenvalue weighted by molar-refractivity contribution is 5.67. The first kappa shape index (κ1) is 10.7. The monoisotopic (exact) mass is 192 g/mol. The lowest BCUT2D eigenvalue weighted by Crippen LogP contribution is -1.98. The van der Waals surface area contributed by atoms with Gasteiger partial charge in [0.2, 0.25) is 0 Å². The summed E-state index contributed by atoms with van der Waals surface area (Å²) in [5.74, 6) is -0.764. The summed E-state index contributed by atoms with van der Waals surface area (Å²) in [6, 6.07) is 7.80. The van der Waals surface area contributed by atoms with E-state index >= 15 is 0 Å². The molecular formula is C11H14NO2. The van der Waals surface area contributed by atoms with E-state index in [9.17, 15) is 4.79 Å². The Morgan fingerprint density at radius 2 is 1.64 bits per heavy atom. The van der Waals surface area contributed by atoms with Gasteiger partial charge in [-0.2, -0.15) is 0 Å². The molecule has 0 aromatic heterocycles. The molecule has 1 radical (unpaired) electrons. The summed E-state index contributed by atoms with van der Waals surface area (Å²) >= 11 is 0. The average molecular weight is 192 g/mol. The molecule has 0 bridgehead atoms. The summed E-state index contributed by atoms with van der Waals surface area (Å²) in [6.07, 6.45) is 1.52. The smallest absolute Gasteiger partial charge is 0.303 e. The number of aryl methyl sites for hydroxylation is 1. The number of nitrogens with one attached hydrogen (secondary N) is 1. The zero-order valence-electron chi connectivity index (χ0n) is 7.99. The largest absolute Gasteiger partial charge is 0.481 e. The maximum Gasteiger partial charge on any atom is 0.303 e. The van der Waals surface area contributed by atoms with E-state index in [1.54, 1.807) is 0 Å². The molecular weight excluding hydrogens is 178 g/mol. The minimum Gasteiger partial charge on any atom is -0.481 e. The summed E-state index contributed by atoms with van der Waals surface area (Å²) in [5, 5.41) is 8.49. The standard InChI is InChI=1S/C11H14NO2/c12-8-7-10-3-1-9(2-4-10)5-6-11(13)14/h1-4,12H,5-8H2,(H,13,14). The molecule has 0 fully saturated rings. The topological polar surface area (TPSA) is 61.1 Å². The van der Waals surface area contributed by atoms with Crippen molar-refractivity contribution in [2.45, 2.75) is 19.3 Å². The molecule has 0 spiro atoms. The van der Waals surface area contributed by atoms with Crippen LogP contribution in [0.2, 0.25) is 0 Å². The van der Waals surface area contributed by atoms with E-state index in [2.05, 4.69) is 0 Å². The van der Waals surface area contributed by atoms with Crippen LogP contribution in [-0.2, 0) is 17.6 Å². The summed E-state index contributed by atoms with van der Waals surface area (Å²) in [5.41, 5.74) is 9.23. The summed E-state index contributed by atoms with van der Waals surface area (Å²) < 4.78 is 0. The highest BCUT2D eigenvalue weighted by Crippen LogP contribution is 2.07. The average Bonchev–Trinajstić information content (AvgIpc) is 2.17. The second kappa shape index (κ2) is 5.40. The van der Waals surface area contributed by atoms with Gasteiger partial charge < -0.3 is 5.11 Å². The third-order valence-corrected chi connectivity index (χ3v) is 2.06. The summed E-state index contributed by atoms with van der Waals surface area (Å²) in [6.45, 7) is 0.397. The lowest BCUT2D eigenvalue weighted by molar-refractivity contribution is -0.136. The molecule has 0 saturated heterocycles. The summed E-state index contributed by atoms with van der Waals surface area (Å²) in [4.78, 5) is 10.3. The van der Waals surface area contributed by atoms with Crippen LogP contribution in [-0.4, -0.2) is 17.6 Å². The summed E-state index contributed by atoms with van der Waals surface area (Å²) in [7, 11) is 0. The van der Waals surface area contributed by atoms with Crippen molar-refractivity contribution in [3.63, 3.8) is 0 Å². The number of carboxylic acids is 1. The molecule has 3 nitrogen and oxygen atoms in total. The minimum absolute atomic E-state index is 0.178. The molecule has 3 heteroatoms. The number of carbonyl (C=O) groups is 1. The molecule has 0 aliphatic heterocycles. The van der Waals surface area contributed by atoms with Crippen LogP contribution in [0.4, 0.5) is 0 Å². The molecule has 0 atom stereocenters. The van der Waals surface area contributed by atoms with Gasteiger partial charge >= 0.3 is 5.97 Å². The number of aliphatic carboxylic acids is 1. The number of carboxylic acid groups (broad SMARTS) is 1. The first-order chi connectivity index (χ1) is 6.72. The van der Waals surface area contributed by atoms with Gasteiger partial charge in [-0.05, 0) is 24.0 Å². The number of rotatable bonds is 5. The van der Waals surface area contributed by atoms with Crippen LogP contribution in [0.5, 0.6) is 0 Å². The molecule has 0 aliphatic carbocycles. The lowest BCUT2D eigenvalue weighted by Gasteiger charge is -2.01. The van der Waals surface area contributed by atoms with E-state index in [0.717, 1.165) is 17.5 Å². The van der Waals surface area contributed by atoms with Crippen molar-refractivity contribution in [2.24, 2.45) is 0 Å². The molecule has 1 aromatic carbocycles. The molecule has 0 aliphatic rings. The molecule has 0 unspecified atom stereocenters. The predicted octanol–water partition coefficient (Wildman–Crippen LogP) is 1.53. The van der Waals surface area contributed by atoms with Gasteiger partial charge in [-0.15, -0.1) is 0 Å². The zero-order chi connectivity index (χ0) is 10.4. The van der Waals surface area contributed by atoms with E-state index in [0.29, 0.717) is 13.0 Å². The fraction of sp³-hybridized carbons (Fsp3) is 0.364. The van der Waals surface area contributed by atoms with Crippen molar-refractivity contribution in [3.05, 3.63) is 35.4 Å². The van der Waals surface area contributed by atoms with Gasteiger partial charge in [-0.3, -0.25) is 10.5 Å². The van der Waals surface area contributed by atoms with E-state index in [4.69, 9.17) is 10.8 Å². The quantitative estimate of drug-likeness (QED) is 0.769. The van der Waals surface area contributed by atoms with Crippen LogP contribution in [0.1, 0.15) is 17.5 Å². The first-order valence-corrected chi connectivity index (χ1v) is 4.66. The van der Waals surface area contributed by atoms with Gasteiger partial charge in [0.1, 0.15) is 0 Å². The van der Waals surface area contributed by atoms with Gasteiger partial charge in [-0.25, -0.2) is 0 Å². The minimum atomic E-state index is -0.764. The van der Waals surface area contributed by atoms with E-state index < -0.39 is 5.97 Å². The fourth-order valence-corrected chi connectivity index (χ4v) is 1.27. The molecule has 0 amide bonds. The van der Waals surface area contributed by atoms with Crippen LogP contribution >= 0.6 is 0 Å². The Hall–Kier alpha value is -1.35. The number of hydrogen-bond acceptors (Lipinski definition) is 1. The third-order valence-electron chi connectivity index (χ3n) is 2.06. The fourth-order valence-electron chi connectivity index (χ4n) is 1.27. The maximum atomic E-state index is 10.3. The van der Waals surface area contributed by atoms with Crippen molar-refractivity contribution in [1.29, 1.82) is 0 Å². The molecule has 1 rings (SSSR count). The normalized spacial score (nSPS) is 10.1. The number of hydrogen-bond donors (Lipinski definition) is 1. The molecule has 2 N–H and O–H groups in total. The highest BCUT2D eigenvalue weighted by atomic mass is 16.4. The lowest BCUT2D eigenvalue weighted by atomic mass is 10.1. The Morgan fingerprint density at radius 3 is 2.07 bits per heavy atom. The highest BCUT2D eigenvalue weighted by Gasteiger charge is 1.98. The van der Waals surface area contributed by atoms with Crippen molar-refractivity contribution in [2.75, 3.05) is 6.54 Å². The van der Waals surface area contributed by atoms with Crippen LogP contribution in [0.25, 0.3) is 0 Å². The predicted molar refractivity (Wildman–Crippen MR) is 54.1 cm³/mol. The second-order valence-corrected chi connectivity index (χ2v) is 3.21. The van der Waals surface area contributed by atoms with Crippen LogP contribution in [0.3, 0.4) is 0 Å². The molecule has 0 saturated carbocycles. The number of benzene rings is 1. The third kappa shape index (κ3) is 3.58. The van der Waals surface area contributed by atoms with Crippen molar-refractivity contribution < 1.29 is 9.90 Å². The Balaban J connectivity index is 2.50. The Bertz CT molecular complexity index is 293. The van der Waals surface area contributed by atoms with Crippen LogP contribution in [0.15, 0.2) is 24.3 Å². The van der Waals surface area contributed by atoms with Gasteiger partial charge in [0.15, 0.2) is 0 Å². The van der Waals surface area contributed by atoms with Gasteiger partial charge in [0, 0.05) is 13.0 Å².